The molecule has 0 N–H and O–H groups in total. The van der Waals surface area contributed by atoms with E-state index in [1.54, 1.807) is 0 Å². The van der Waals surface area contributed by atoms with Gasteiger partial charge in [-0.2, -0.15) is 0 Å². The topological polar surface area (TPSA) is 12.5 Å². The summed E-state index contributed by atoms with van der Waals surface area (Å²) < 4.78 is 6.03. The predicted octanol–water partition coefficient (Wildman–Crippen LogP) is 4.18. The first kappa shape index (κ1) is 15.8. The van der Waals surface area contributed by atoms with Crippen LogP contribution in [0.5, 0.6) is 0 Å². The van der Waals surface area contributed by atoms with E-state index in [0.29, 0.717) is 12.0 Å². The van der Waals surface area contributed by atoms with Gasteiger partial charge in [-0.15, -0.1) is 0 Å². The van der Waals surface area contributed by atoms with E-state index in [1.165, 1.54) is 37.8 Å². The van der Waals surface area contributed by atoms with Gasteiger partial charge in [0.25, 0.3) is 0 Å². The van der Waals surface area contributed by atoms with Gasteiger partial charge in [0.2, 0.25) is 0 Å². The van der Waals surface area contributed by atoms with E-state index >= 15 is 0 Å². The number of allylic oxidation sites excluding steroid dienone is 2. The van der Waals surface area contributed by atoms with E-state index in [0.717, 1.165) is 25.6 Å². The molecule has 2 atom stereocenters. The van der Waals surface area contributed by atoms with Crippen molar-refractivity contribution in [3.63, 3.8) is 0 Å². The lowest BCUT2D eigenvalue weighted by Gasteiger charge is -2.35. The van der Waals surface area contributed by atoms with E-state index in [-0.39, 0.29) is 0 Å². The van der Waals surface area contributed by atoms with Gasteiger partial charge in [-0.1, -0.05) is 45.4 Å². The molecule has 0 aromatic rings. The Morgan fingerprint density at radius 1 is 1.35 bits per heavy atom. The van der Waals surface area contributed by atoms with Gasteiger partial charge in [0.05, 0.1) is 12.7 Å². The summed E-state index contributed by atoms with van der Waals surface area (Å²) in [5, 5.41) is 0. The zero-order valence-electron chi connectivity index (χ0n) is 13.5. The average Bonchev–Trinajstić information content (AvgIpc) is 2.48. The maximum Gasteiger partial charge on any atom is 0.0794 e. The molecule has 0 spiro atoms. The lowest BCUT2D eigenvalue weighted by molar-refractivity contribution is 0.0441. The molecule has 0 aromatic heterocycles. The van der Waals surface area contributed by atoms with Crippen molar-refractivity contribution >= 4 is 0 Å². The summed E-state index contributed by atoms with van der Waals surface area (Å²) in [6.07, 6.45) is 13.6. The van der Waals surface area contributed by atoms with Gasteiger partial charge < -0.3 is 4.74 Å². The van der Waals surface area contributed by atoms with Gasteiger partial charge in [-0.25, -0.2) is 0 Å². The third kappa shape index (κ3) is 4.46. The van der Waals surface area contributed by atoms with Gasteiger partial charge in [0, 0.05) is 12.6 Å². The van der Waals surface area contributed by atoms with E-state index in [2.05, 4.69) is 43.9 Å². The Labute approximate surface area is 124 Å². The van der Waals surface area contributed by atoms with Crippen LogP contribution in [0, 0.1) is 5.92 Å². The van der Waals surface area contributed by atoms with E-state index < -0.39 is 0 Å². The molecule has 0 radical (unpaired) electrons. The fourth-order valence-electron chi connectivity index (χ4n) is 3.31. The minimum atomic E-state index is 0.294. The molecule has 0 saturated carbocycles. The molecule has 0 aromatic carbocycles. The Balaban J connectivity index is 1.68. The average molecular weight is 277 g/mol. The Hall–Kier alpha value is -0.600. The largest absolute Gasteiger partial charge is 0.372 e. The molecule has 1 saturated heterocycles. The molecule has 0 amide bonds. The van der Waals surface area contributed by atoms with Gasteiger partial charge in [0.15, 0.2) is 0 Å². The Kier molecular flexibility index (Phi) is 6.31. The molecular weight excluding hydrogens is 246 g/mol. The molecule has 2 heteroatoms. The van der Waals surface area contributed by atoms with Crippen molar-refractivity contribution < 1.29 is 4.74 Å². The highest BCUT2D eigenvalue weighted by Crippen LogP contribution is 2.21. The maximum atomic E-state index is 6.03. The monoisotopic (exact) mass is 277 g/mol. The fourth-order valence-corrected chi connectivity index (χ4v) is 3.31. The number of piperidine rings is 1. The molecule has 1 aliphatic heterocycles. The number of likely N-dealkylation sites (tertiary alicyclic amines) is 1. The molecule has 114 valence electrons. The van der Waals surface area contributed by atoms with Crippen LogP contribution in [0.25, 0.3) is 0 Å². The zero-order chi connectivity index (χ0) is 14.4. The van der Waals surface area contributed by atoms with Crippen LogP contribution < -0.4 is 0 Å². The highest BCUT2D eigenvalue weighted by molar-refractivity contribution is 5.25. The molecular formula is C18H31NO. The highest BCUT2D eigenvalue weighted by atomic mass is 16.5. The lowest BCUT2D eigenvalue weighted by Crippen LogP contribution is -2.41. The standard InChI is InChI=1S/C18H31NO/c1-4-17-7-5-6-12-19(17)13-14-20-18-10-8-16(9-11-18)15(2)3/h8-10,15,17-18H,4-7,11-14H2,1-3H3. The van der Waals surface area contributed by atoms with Crippen LogP contribution in [-0.4, -0.2) is 36.7 Å². The smallest absolute Gasteiger partial charge is 0.0794 e. The normalized spacial score (nSPS) is 27.9. The van der Waals surface area contributed by atoms with Crippen molar-refractivity contribution in [2.45, 2.75) is 65.0 Å². The van der Waals surface area contributed by atoms with Crippen molar-refractivity contribution in [1.29, 1.82) is 0 Å². The van der Waals surface area contributed by atoms with Crippen molar-refractivity contribution in [1.82, 2.24) is 4.90 Å². The molecule has 20 heavy (non-hydrogen) atoms. The predicted molar refractivity (Wildman–Crippen MR) is 85.9 cm³/mol. The molecule has 0 bridgehead atoms. The summed E-state index contributed by atoms with van der Waals surface area (Å²) in [6, 6.07) is 0.793. The Morgan fingerprint density at radius 2 is 2.20 bits per heavy atom. The third-order valence-corrected chi connectivity index (χ3v) is 4.69. The number of ether oxygens (including phenoxy) is 1. The van der Waals surface area contributed by atoms with Crippen LogP contribution in [-0.2, 0) is 4.74 Å². The van der Waals surface area contributed by atoms with Crippen LogP contribution in [0.15, 0.2) is 23.8 Å². The van der Waals surface area contributed by atoms with Crippen LogP contribution in [0.3, 0.4) is 0 Å². The van der Waals surface area contributed by atoms with Gasteiger partial charge in [-0.05, 0) is 43.7 Å². The Bertz CT molecular complexity index is 345. The summed E-state index contributed by atoms with van der Waals surface area (Å²) in [6.45, 7) is 10.0. The van der Waals surface area contributed by atoms with E-state index in [1.807, 2.05) is 0 Å². The second kappa shape index (κ2) is 7.99. The lowest BCUT2D eigenvalue weighted by atomic mass is 9.96. The van der Waals surface area contributed by atoms with Crippen molar-refractivity contribution in [3.8, 4) is 0 Å². The van der Waals surface area contributed by atoms with E-state index in [9.17, 15) is 0 Å². The maximum absolute atomic E-state index is 6.03. The van der Waals surface area contributed by atoms with Crippen LogP contribution >= 0.6 is 0 Å². The summed E-state index contributed by atoms with van der Waals surface area (Å²) in [4.78, 5) is 2.63. The van der Waals surface area contributed by atoms with Gasteiger partial charge in [0.1, 0.15) is 0 Å². The highest BCUT2D eigenvalue weighted by Gasteiger charge is 2.20. The quantitative estimate of drug-likeness (QED) is 0.722. The van der Waals surface area contributed by atoms with Crippen molar-refractivity contribution in [2.24, 2.45) is 5.92 Å². The minimum absolute atomic E-state index is 0.294. The summed E-state index contributed by atoms with van der Waals surface area (Å²) >= 11 is 0. The van der Waals surface area contributed by atoms with Crippen LogP contribution in [0.2, 0.25) is 0 Å². The molecule has 1 fully saturated rings. The Morgan fingerprint density at radius 3 is 2.85 bits per heavy atom. The summed E-state index contributed by atoms with van der Waals surface area (Å²) in [5.74, 6) is 0.630. The van der Waals surface area contributed by atoms with Crippen LogP contribution in [0.4, 0.5) is 0 Å². The van der Waals surface area contributed by atoms with E-state index in [4.69, 9.17) is 4.74 Å². The molecule has 2 unspecified atom stereocenters. The first-order chi connectivity index (χ1) is 9.70. The number of hydrogen-bond donors (Lipinski definition) is 0. The molecule has 2 nitrogen and oxygen atoms in total. The molecule has 2 rings (SSSR count). The first-order valence-corrected chi connectivity index (χ1v) is 8.44. The fraction of sp³-hybridized carbons (Fsp3) is 0.778. The third-order valence-electron chi connectivity index (χ3n) is 4.69. The minimum Gasteiger partial charge on any atom is -0.372 e. The molecule has 1 aliphatic carbocycles. The SMILES string of the molecule is CCC1CCCCN1CCOC1C=CC(C(C)C)=CC1. The second-order valence-electron chi connectivity index (χ2n) is 6.46. The second-order valence-corrected chi connectivity index (χ2v) is 6.46. The van der Waals surface area contributed by atoms with Gasteiger partial charge in [-0.3, -0.25) is 4.90 Å². The van der Waals surface area contributed by atoms with Crippen LogP contribution in [0.1, 0.15) is 52.9 Å². The summed E-state index contributed by atoms with van der Waals surface area (Å²) in [5.41, 5.74) is 1.45. The number of nitrogens with zero attached hydrogens (tertiary/aromatic N) is 1. The first-order valence-electron chi connectivity index (χ1n) is 8.44. The van der Waals surface area contributed by atoms with Gasteiger partial charge >= 0.3 is 0 Å². The number of hydrogen-bond acceptors (Lipinski definition) is 2. The number of rotatable bonds is 6. The van der Waals surface area contributed by atoms with Crippen molar-refractivity contribution in [3.05, 3.63) is 23.8 Å². The molecule has 2 aliphatic rings. The zero-order valence-corrected chi connectivity index (χ0v) is 13.5. The molecule has 1 heterocycles. The summed E-state index contributed by atoms with van der Waals surface area (Å²) in [7, 11) is 0. The van der Waals surface area contributed by atoms with Crippen molar-refractivity contribution in [2.75, 3.05) is 19.7 Å².